The second-order valence-electron chi connectivity index (χ2n) is 8.31. The summed E-state index contributed by atoms with van der Waals surface area (Å²) in [5.41, 5.74) is 0.781. The van der Waals surface area contributed by atoms with Gasteiger partial charge in [-0.25, -0.2) is 0 Å². The van der Waals surface area contributed by atoms with E-state index >= 15 is 0 Å². The zero-order chi connectivity index (χ0) is 21.6. The normalized spacial score (nSPS) is 16.3. The first kappa shape index (κ1) is 22.1. The third kappa shape index (κ3) is 6.21. The summed E-state index contributed by atoms with van der Waals surface area (Å²) in [6.45, 7) is 3.98. The molecule has 4 nitrogen and oxygen atoms in total. The number of benzene rings is 1. The number of nitrogens with one attached hydrogen (secondary N) is 1. The summed E-state index contributed by atoms with van der Waals surface area (Å²) in [7, 11) is 0. The number of anilines is 1. The Bertz CT molecular complexity index is 831. The van der Waals surface area contributed by atoms with E-state index in [-0.39, 0.29) is 11.3 Å². The number of amides is 1. The van der Waals surface area contributed by atoms with Gasteiger partial charge in [-0.2, -0.15) is 13.2 Å². The lowest BCUT2D eigenvalue weighted by atomic mass is 9.77. The number of piperidine rings is 1. The molecule has 1 aromatic heterocycles. The van der Waals surface area contributed by atoms with Crippen molar-refractivity contribution in [2.75, 3.05) is 24.5 Å². The average Bonchev–Trinajstić information content (AvgIpc) is 2.72. The molecule has 0 aliphatic carbocycles. The van der Waals surface area contributed by atoms with Crippen LogP contribution in [0.1, 0.15) is 43.9 Å². The van der Waals surface area contributed by atoms with Crippen LogP contribution in [-0.4, -0.2) is 30.5 Å². The third-order valence-electron chi connectivity index (χ3n) is 5.76. The topological polar surface area (TPSA) is 45.2 Å². The van der Waals surface area contributed by atoms with Crippen LogP contribution < -0.4 is 10.2 Å². The molecule has 0 bridgehead atoms. The summed E-state index contributed by atoms with van der Waals surface area (Å²) < 4.78 is 38.7. The number of hydrogen-bond acceptors (Lipinski definition) is 3. The van der Waals surface area contributed by atoms with Crippen LogP contribution in [0.4, 0.5) is 18.9 Å². The first-order valence-corrected chi connectivity index (χ1v) is 10.3. The number of pyridine rings is 1. The monoisotopic (exact) mass is 419 g/mol. The van der Waals surface area contributed by atoms with Gasteiger partial charge in [-0.05, 0) is 48.8 Å². The molecule has 1 aliphatic heterocycles. The minimum atomic E-state index is -4.45. The zero-order valence-electron chi connectivity index (χ0n) is 17.2. The fourth-order valence-corrected chi connectivity index (χ4v) is 3.87. The lowest BCUT2D eigenvalue weighted by Crippen LogP contribution is -2.41. The second kappa shape index (κ2) is 9.49. The van der Waals surface area contributed by atoms with Crippen molar-refractivity contribution in [1.82, 2.24) is 10.3 Å². The van der Waals surface area contributed by atoms with E-state index in [1.165, 1.54) is 11.8 Å². The number of nitrogens with zero attached hydrogens (tertiary/aromatic N) is 2. The number of aryl methyl sites for hydroxylation is 1. The van der Waals surface area contributed by atoms with Crippen LogP contribution in [0, 0.1) is 5.41 Å². The predicted octanol–water partition coefficient (Wildman–Crippen LogP) is 4.85. The highest BCUT2D eigenvalue weighted by atomic mass is 19.4. The molecule has 2 heterocycles. The van der Waals surface area contributed by atoms with Crippen molar-refractivity contribution in [1.29, 1.82) is 0 Å². The molecule has 0 spiro atoms. The second-order valence-corrected chi connectivity index (χ2v) is 8.31. The molecular formula is C23H28F3N3O. The number of aromatic nitrogens is 1. The molecule has 1 N–H and O–H groups in total. The van der Waals surface area contributed by atoms with Crippen molar-refractivity contribution in [2.24, 2.45) is 5.41 Å². The Kier molecular flexibility index (Phi) is 7.00. The number of carbonyl (C=O) groups is 1. The van der Waals surface area contributed by atoms with Crippen LogP contribution in [0.15, 0.2) is 48.7 Å². The number of carbonyl (C=O) groups excluding carboxylic acids is 1. The van der Waals surface area contributed by atoms with Gasteiger partial charge in [0.05, 0.1) is 0 Å². The molecule has 0 atom stereocenters. The average molecular weight is 419 g/mol. The van der Waals surface area contributed by atoms with E-state index in [2.05, 4.69) is 29.4 Å². The molecule has 3 rings (SSSR count). The van der Waals surface area contributed by atoms with Crippen molar-refractivity contribution >= 4 is 11.6 Å². The van der Waals surface area contributed by atoms with Gasteiger partial charge in [0.2, 0.25) is 5.91 Å². The van der Waals surface area contributed by atoms with Gasteiger partial charge < -0.3 is 10.2 Å². The summed E-state index contributed by atoms with van der Waals surface area (Å²) in [4.78, 5) is 17.7. The molecule has 0 saturated carbocycles. The molecule has 30 heavy (non-hydrogen) atoms. The molecule has 0 radical (unpaired) electrons. The van der Waals surface area contributed by atoms with Crippen LogP contribution in [0.2, 0.25) is 0 Å². The summed E-state index contributed by atoms with van der Waals surface area (Å²) in [6, 6.07) is 12.9. The zero-order valence-corrected chi connectivity index (χ0v) is 17.2. The van der Waals surface area contributed by atoms with E-state index in [1.54, 1.807) is 6.07 Å². The van der Waals surface area contributed by atoms with Gasteiger partial charge in [0, 0.05) is 37.9 Å². The summed E-state index contributed by atoms with van der Waals surface area (Å²) in [5.74, 6) is 0.0438. The number of halogens is 3. The molecule has 2 aromatic rings. The van der Waals surface area contributed by atoms with Gasteiger partial charge in [-0.15, -0.1) is 0 Å². The van der Waals surface area contributed by atoms with Crippen molar-refractivity contribution in [3.05, 3.63) is 59.9 Å². The minimum Gasteiger partial charge on any atom is -0.371 e. The SMILES string of the molecule is CC1(CC(=O)NCCCc2ccccc2)CCN(c2ccnc(C(F)(F)F)c2)CC1. The largest absolute Gasteiger partial charge is 0.433 e. The van der Waals surface area contributed by atoms with E-state index < -0.39 is 11.9 Å². The lowest BCUT2D eigenvalue weighted by Gasteiger charge is -2.40. The highest BCUT2D eigenvalue weighted by molar-refractivity contribution is 5.76. The first-order valence-electron chi connectivity index (χ1n) is 10.3. The lowest BCUT2D eigenvalue weighted by molar-refractivity contribution is -0.141. The Morgan fingerprint density at radius 3 is 2.53 bits per heavy atom. The molecule has 162 valence electrons. The highest BCUT2D eigenvalue weighted by Gasteiger charge is 2.35. The Balaban J connectivity index is 1.43. The van der Waals surface area contributed by atoms with Crippen molar-refractivity contribution in [3.8, 4) is 0 Å². The van der Waals surface area contributed by atoms with Gasteiger partial charge in [0.1, 0.15) is 5.69 Å². The van der Waals surface area contributed by atoms with Gasteiger partial charge in [0.15, 0.2) is 0 Å². The summed E-state index contributed by atoms with van der Waals surface area (Å²) in [6.07, 6.45) is 0.537. The van der Waals surface area contributed by atoms with Crippen LogP contribution in [0.5, 0.6) is 0 Å². The Morgan fingerprint density at radius 2 is 1.87 bits per heavy atom. The van der Waals surface area contributed by atoms with Crippen molar-refractivity contribution in [2.45, 2.75) is 45.2 Å². The number of hydrogen-bond donors (Lipinski definition) is 1. The predicted molar refractivity (Wildman–Crippen MR) is 111 cm³/mol. The molecule has 1 saturated heterocycles. The quantitative estimate of drug-likeness (QED) is 0.653. The maximum atomic E-state index is 12.9. The maximum absolute atomic E-state index is 12.9. The molecule has 0 unspecified atom stereocenters. The fraction of sp³-hybridized carbons (Fsp3) is 0.478. The molecule has 1 amide bonds. The Hall–Kier alpha value is -2.57. The van der Waals surface area contributed by atoms with E-state index in [9.17, 15) is 18.0 Å². The van der Waals surface area contributed by atoms with Gasteiger partial charge in [0.25, 0.3) is 0 Å². The maximum Gasteiger partial charge on any atom is 0.433 e. The van der Waals surface area contributed by atoms with Crippen molar-refractivity contribution < 1.29 is 18.0 Å². The molecular weight excluding hydrogens is 391 g/mol. The first-order chi connectivity index (χ1) is 14.3. The molecule has 1 aliphatic rings. The van der Waals surface area contributed by atoms with Gasteiger partial charge in [-0.1, -0.05) is 37.3 Å². The van der Waals surface area contributed by atoms with Gasteiger partial charge >= 0.3 is 6.18 Å². The van der Waals surface area contributed by atoms with Crippen LogP contribution in [0.3, 0.4) is 0 Å². The van der Waals surface area contributed by atoms with Crippen molar-refractivity contribution in [3.63, 3.8) is 0 Å². The summed E-state index contributed by atoms with van der Waals surface area (Å²) >= 11 is 0. The fourth-order valence-electron chi connectivity index (χ4n) is 3.87. The smallest absolute Gasteiger partial charge is 0.371 e. The molecule has 1 aromatic carbocycles. The van der Waals surface area contributed by atoms with E-state index in [4.69, 9.17) is 0 Å². The number of rotatable bonds is 7. The standard InChI is InChI=1S/C23H28F3N3O/c1-22(17-21(30)28-12-5-8-18-6-3-2-4-7-18)10-14-29(15-11-22)19-9-13-27-20(16-19)23(24,25)26/h2-4,6-7,9,13,16H,5,8,10-12,14-15,17H2,1H3,(H,28,30). The third-order valence-corrected chi connectivity index (χ3v) is 5.76. The van der Waals surface area contributed by atoms with E-state index in [0.717, 1.165) is 31.7 Å². The van der Waals surface area contributed by atoms with Crippen LogP contribution >= 0.6 is 0 Å². The summed E-state index contributed by atoms with van der Waals surface area (Å²) in [5, 5.41) is 3.01. The number of alkyl halides is 3. The van der Waals surface area contributed by atoms with Gasteiger partial charge in [-0.3, -0.25) is 9.78 Å². The molecule has 1 fully saturated rings. The Morgan fingerprint density at radius 1 is 1.17 bits per heavy atom. The van der Waals surface area contributed by atoms with Crippen LogP contribution in [-0.2, 0) is 17.4 Å². The van der Waals surface area contributed by atoms with Crippen LogP contribution in [0.25, 0.3) is 0 Å². The molecule has 7 heteroatoms. The van der Waals surface area contributed by atoms with E-state index in [1.807, 2.05) is 23.1 Å². The highest BCUT2D eigenvalue weighted by Crippen LogP contribution is 2.37. The van der Waals surface area contributed by atoms with E-state index in [0.29, 0.717) is 31.7 Å². The Labute approximate surface area is 175 Å². The minimum absolute atomic E-state index is 0.0438.